The normalized spacial score (nSPS) is 11.8. The maximum atomic E-state index is 12.1. The van der Waals surface area contributed by atoms with E-state index in [9.17, 15) is 13.2 Å². The Hall–Kier alpha value is -1.43. The molecule has 3 nitrogen and oxygen atoms in total. The van der Waals surface area contributed by atoms with Crippen LogP contribution in [0.1, 0.15) is 18.9 Å². The van der Waals surface area contributed by atoms with Crippen LogP contribution < -0.4 is 5.32 Å². The summed E-state index contributed by atoms with van der Waals surface area (Å²) >= 11 is 5.90. The lowest BCUT2D eigenvalue weighted by Gasteiger charge is -2.11. The van der Waals surface area contributed by atoms with E-state index in [1.165, 1.54) is 12.5 Å². The molecule has 0 aromatic carbocycles. The van der Waals surface area contributed by atoms with Crippen LogP contribution in [-0.4, -0.2) is 24.3 Å². The Morgan fingerprint density at radius 3 is 2.84 bits per heavy atom. The molecule has 0 aliphatic carbocycles. The van der Waals surface area contributed by atoms with Gasteiger partial charge in [0.25, 0.3) is 0 Å². The second-order valence-corrected chi connectivity index (χ2v) is 3.97. The van der Waals surface area contributed by atoms with Crippen LogP contribution in [0.3, 0.4) is 0 Å². The van der Waals surface area contributed by atoms with Gasteiger partial charge in [-0.2, -0.15) is 13.2 Å². The molecule has 1 N–H and O–H groups in total. The second-order valence-electron chi connectivity index (χ2n) is 3.61. The fourth-order valence-corrected chi connectivity index (χ4v) is 1.53. The number of ether oxygens (including phenoxy) is 1. The molecular formula is C12H14ClF3N2O. The fraction of sp³-hybridized carbons (Fsp3) is 0.417. The molecule has 7 heteroatoms. The first-order valence-electron chi connectivity index (χ1n) is 5.67. The summed E-state index contributed by atoms with van der Waals surface area (Å²) in [6.07, 6.45) is -0.685. The zero-order chi connectivity index (χ0) is 14.3. The van der Waals surface area contributed by atoms with Gasteiger partial charge in [-0.3, -0.25) is 0 Å². The predicted molar refractivity (Wildman–Crippen MR) is 69.1 cm³/mol. The van der Waals surface area contributed by atoms with E-state index in [4.69, 9.17) is 16.3 Å². The van der Waals surface area contributed by atoms with Gasteiger partial charge < -0.3 is 10.1 Å². The van der Waals surface area contributed by atoms with Crippen molar-refractivity contribution in [3.05, 3.63) is 29.2 Å². The lowest BCUT2D eigenvalue weighted by molar-refractivity contribution is -0.131. The smallest absolute Gasteiger partial charge is 0.390 e. The molecule has 0 atom stereocenters. The summed E-state index contributed by atoms with van der Waals surface area (Å²) in [6, 6.07) is 1.56. The van der Waals surface area contributed by atoms with Gasteiger partial charge >= 0.3 is 6.18 Å². The van der Waals surface area contributed by atoms with Gasteiger partial charge in [0.2, 0.25) is 0 Å². The fourth-order valence-electron chi connectivity index (χ4n) is 1.31. The first kappa shape index (κ1) is 15.6. The van der Waals surface area contributed by atoms with Gasteiger partial charge in [0, 0.05) is 24.0 Å². The summed E-state index contributed by atoms with van der Waals surface area (Å²) in [5, 5.41) is 2.89. The predicted octanol–water partition coefficient (Wildman–Crippen LogP) is 4.11. The maximum absolute atomic E-state index is 12.1. The number of aromatic nitrogens is 1. The van der Waals surface area contributed by atoms with Crippen molar-refractivity contribution >= 4 is 23.4 Å². The van der Waals surface area contributed by atoms with Gasteiger partial charge in [-0.25, -0.2) is 4.98 Å². The van der Waals surface area contributed by atoms with E-state index >= 15 is 0 Å². The molecule has 0 bridgehead atoms. The Morgan fingerprint density at radius 1 is 1.47 bits per heavy atom. The van der Waals surface area contributed by atoms with Crippen LogP contribution >= 0.6 is 11.6 Å². The third kappa shape index (κ3) is 5.83. The van der Waals surface area contributed by atoms with E-state index in [0.717, 1.165) is 0 Å². The lowest BCUT2D eigenvalue weighted by Crippen LogP contribution is -2.15. The average Bonchev–Trinajstić information content (AvgIpc) is 2.31. The molecule has 0 unspecified atom stereocenters. The summed E-state index contributed by atoms with van der Waals surface area (Å²) in [6.45, 7) is 2.09. The van der Waals surface area contributed by atoms with Crippen molar-refractivity contribution < 1.29 is 17.9 Å². The molecule has 0 aliphatic heterocycles. The van der Waals surface area contributed by atoms with Crippen molar-refractivity contribution in [3.63, 3.8) is 0 Å². The van der Waals surface area contributed by atoms with Crippen LogP contribution in [0.25, 0.3) is 6.08 Å². The van der Waals surface area contributed by atoms with Crippen molar-refractivity contribution in [1.29, 1.82) is 0 Å². The largest absolute Gasteiger partial charge is 0.501 e. The number of halogens is 4. The van der Waals surface area contributed by atoms with Gasteiger partial charge in [0.05, 0.1) is 19.3 Å². The molecule has 0 amide bonds. The maximum Gasteiger partial charge on any atom is 0.390 e. The van der Waals surface area contributed by atoms with Crippen molar-refractivity contribution in [2.45, 2.75) is 19.5 Å². The molecule has 1 heterocycles. The Morgan fingerprint density at radius 2 is 2.21 bits per heavy atom. The molecule has 106 valence electrons. The third-order valence-electron chi connectivity index (χ3n) is 2.16. The van der Waals surface area contributed by atoms with Crippen LogP contribution in [0.2, 0.25) is 5.15 Å². The number of anilines is 1. The molecule has 1 rings (SSSR count). The second kappa shape index (κ2) is 7.23. The summed E-state index contributed by atoms with van der Waals surface area (Å²) in [5.41, 5.74) is 0.986. The Kier molecular flexibility index (Phi) is 5.95. The number of hydrogen-bond acceptors (Lipinski definition) is 3. The first-order chi connectivity index (χ1) is 8.94. The van der Waals surface area contributed by atoms with Gasteiger partial charge in [0.1, 0.15) is 5.15 Å². The van der Waals surface area contributed by atoms with Gasteiger partial charge in [-0.1, -0.05) is 11.6 Å². The lowest BCUT2D eigenvalue weighted by atomic mass is 10.2. The highest BCUT2D eigenvalue weighted by atomic mass is 35.5. The Balaban J connectivity index is 2.74. The molecule has 19 heavy (non-hydrogen) atoms. The molecule has 0 radical (unpaired) electrons. The standard InChI is InChI=1S/C12H14ClF3N2O/c1-2-19-8-4-9-10(3-6-18-11(9)13)17-7-5-12(14,15)16/h3-4,6,8H,2,5,7H2,1H3,(H,17,18)/b8-4+. The minimum atomic E-state index is -4.19. The average molecular weight is 295 g/mol. The zero-order valence-corrected chi connectivity index (χ0v) is 11.1. The third-order valence-corrected chi connectivity index (χ3v) is 2.46. The highest BCUT2D eigenvalue weighted by Crippen LogP contribution is 2.25. The topological polar surface area (TPSA) is 34.1 Å². The molecule has 0 spiro atoms. The summed E-state index contributed by atoms with van der Waals surface area (Å²) in [4.78, 5) is 3.87. The molecule has 0 saturated carbocycles. The van der Waals surface area contributed by atoms with Gasteiger partial charge in [-0.05, 0) is 19.1 Å². The van der Waals surface area contributed by atoms with Crippen molar-refractivity contribution in [1.82, 2.24) is 4.98 Å². The van der Waals surface area contributed by atoms with E-state index < -0.39 is 12.6 Å². The van der Waals surface area contributed by atoms with E-state index in [1.807, 2.05) is 6.92 Å². The molecule has 1 aromatic rings. The van der Waals surface area contributed by atoms with Crippen LogP contribution in [-0.2, 0) is 4.74 Å². The number of nitrogens with one attached hydrogen (secondary N) is 1. The quantitative estimate of drug-likeness (QED) is 0.633. The zero-order valence-electron chi connectivity index (χ0n) is 10.3. The van der Waals surface area contributed by atoms with Crippen molar-refractivity contribution in [3.8, 4) is 0 Å². The van der Waals surface area contributed by atoms with Gasteiger partial charge in [-0.15, -0.1) is 0 Å². The highest BCUT2D eigenvalue weighted by Gasteiger charge is 2.26. The van der Waals surface area contributed by atoms with Crippen LogP contribution in [0.4, 0.5) is 18.9 Å². The van der Waals surface area contributed by atoms with E-state index in [0.29, 0.717) is 17.9 Å². The first-order valence-corrected chi connectivity index (χ1v) is 6.05. The number of rotatable bonds is 6. The summed E-state index contributed by atoms with van der Waals surface area (Å²) in [5.74, 6) is 0. The number of nitrogens with zero attached hydrogens (tertiary/aromatic N) is 1. The van der Waals surface area contributed by atoms with Crippen LogP contribution in [0.5, 0.6) is 0 Å². The number of pyridine rings is 1. The van der Waals surface area contributed by atoms with Gasteiger partial charge in [0.15, 0.2) is 0 Å². The van der Waals surface area contributed by atoms with E-state index in [1.54, 1.807) is 12.1 Å². The summed E-state index contributed by atoms with van der Waals surface area (Å²) in [7, 11) is 0. The van der Waals surface area contributed by atoms with Crippen molar-refractivity contribution in [2.24, 2.45) is 0 Å². The Bertz CT molecular complexity index is 435. The molecule has 0 fully saturated rings. The molecule has 1 aromatic heterocycles. The minimum Gasteiger partial charge on any atom is -0.501 e. The number of alkyl halides is 3. The molecular weight excluding hydrogens is 281 g/mol. The van der Waals surface area contributed by atoms with Crippen LogP contribution in [0.15, 0.2) is 18.5 Å². The SMILES string of the molecule is CCO/C=C/c1c(NCCC(F)(F)F)ccnc1Cl. The molecule has 0 saturated heterocycles. The molecule has 0 aliphatic rings. The Labute approximate surface area is 114 Å². The van der Waals surface area contributed by atoms with E-state index in [-0.39, 0.29) is 11.7 Å². The summed E-state index contributed by atoms with van der Waals surface area (Å²) < 4.78 is 41.3. The van der Waals surface area contributed by atoms with Crippen LogP contribution in [0, 0.1) is 0 Å². The highest BCUT2D eigenvalue weighted by molar-refractivity contribution is 6.31. The number of hydrogen-bond donors (Lipinski definition) is 1. The van der Waals surface area contributed by atoms with Crippen molar-refractivity contribution in [2.75, 3.05) is 18.5 Å². The monoisotopic (exact) mass is 294 g/mol. The van der Waals surface area contributed by atoms with E-state index in [2.05, 4.69) is 10.3 Å². The minimum absolute atomic E-state index is 0.202.